The average Bonchev–Trinajstić information content (AvgIpc) is 2.52. The Morgan fingerprint density at radius 2 is 1.17 bits per heavy atom. The van der Waals surface area contributed by atoms with Crippen molar-refractivity contribution in [2.75, 3.05) is 0 Å². The molecule has 0 spiro atoms. The van der Waals surface area contributed by atoms with Crippen LogP contribution in [0, 0.1) is 11.8 Å². The predicted molar refractivity (Wildman–Crippen MR) is 87.7 cm³/mol. The molecule has 24 heavy (non-hydrogen) atoms. The molecule has 0 aliphatic heterocycles. The lowest BCUT2D eigenvalue weighted by molar-refractivity contribution is -0.138. The van der Waals surface area contributed by atoms with Gasteiger partial charge in [-0.25, -0.2) is 0 Å². The fourth-order valence-electron chi connectivity index (χ4n) is 3.38. The van der Waals surface area contributed by atoms with Crippen molar-refractivity contribution in [3.63, 3.8) is 0 Å². The third-order valence-electron chi connectivity index (χ3n) is 4.70. The van der Waals surface area contributed by atoms with Gasteiger partial charge in [0.2, 0.25) is 0 Å². The van der Waals surface area contributed by atoms with E-state index in [9.17, 15) is 19.2 Å². The van der Waals surface area contributed by atoms with Gasteiger partial charge in [0.1, 0.15) is 11.6 Å². The molecule has 2 rings (SSSR count). The summed E-state index contributed by atoms with van der Waals surface area (Å²) >= 11 is 0. The third kappa shape index (κ3) is 9.43. The highest BCUT2D eigenvalue weighted by Gasteiger charge is 2.20. The van der Waals surface area contributed by atoms with E-state index in [0.29, 0.717) is 61.9 Å². The topological polar surface area (TPSA) is 109 Å². The van der Waals surface area contributed by atoms with E-state index in [1.165, 1.54) is 0 Å². The smallest absolute Gasteiger partial charge is 0.303 e. The maximum atomic E-state index is 11.0. The molecule has 6 heteroatoms. The molecular weight excluding hydrogens is 312 g/mol. The normalized spacial score (nSPS) is 24.0. The van der Waals surface area contributed by atoms with Crippen LogP contribution in [0.2, 0.25) is 0 Å². The summed E-state index contributed by atoms with van der Waals surface area (Å²) in [6, 6.07) is 0. The summed E-state index contributed by atoms with van der Waals surface area (Å²) in [4.78, 5) is 42.4. The fraction of sp³-hybridized carbons (Fsp3) is 0.778. The van der Waals surface area contributed by atoms with Crippen molar-refractivity contribution in [1.29, 1.82) is 0 Å². The van der Waals surface area contributed by atoms with Crippen LogP contribution in [0.25, 0.3) is 0 Å². The van der Waals surface area contributed by atoms with E-state index in [1.54, 1.807) is 0 Å². The van der Waals surface area contributed by atoms with E-state index >= 15 is 0 Å². The van der Waals surface area contributed by atoms with Crippen LogP contribution < -0.4 is 0 Å². The number of carboxylic acids is 2. The van der Waals surface area contributed by atoms with Crippen LogP contribution in [-0.4, -0.2) is 33.7 Å². The Balaban J connectivity index is 0.000000240. The number of hydrogen-bond acceptors (Lipinski definition) is 4. The van der Waals surface area contributed by atoms with Crippen molar-refractivity contribution in [2.24, 2.45) is 11.8 Å². The molecule has 0 heterocycles. The van der Waals surface area contributed by atoms with Gasteiger partial charge < -0.3 is 10.2 Å². The molecule has 0 saturated heterocycles. The number of carbonyl (C=O) groups excluding carboxylic acids is 2. The van der Waals surface area contributed by atoms with E-state index in [1.807, 2.05) is 0 Å². The fourth-order valence-corrected chi connectivity index (χ4v) is 3.38. The highest BCUT2D eigenvalue weighted by Crippen LogP contribution is 2.25. The molecule has 0 radical (unpaired) electrons. The third-order valence-corrected chi connectivity index (χ3v) is 4.70. The van der Waals surface area contributed by atoms with Crippen molar-refractivity contribution in [1.82, 2.24) is 0 Å². The SMILES string of the molecule is O=C(O)CC[C@@H]1CCCC(=O)C1.O=C(O)CC[C@@H]1CCCC(=O)C1. The lowest BCUT2D eigenvalue weighted by atomic mass is 9.85. The van der Waals surface area contributed by atoms with Crippen molar-refractivity contribution < 1.29 is 29.4 Å². The summed E-state index contributed by atoms with van der Waals surface area (Å²) in [6.45, 7) is 0. The standard InChI is InChI=1S/2C9H14O3/c2*10-8-3-1-2-7(6-8)4-5-9(11)12/h2*7H,1-6H2,(H,11,12)/t2*7-/m00/s1. The maximum absolute atomic E-state index is 11.0. The minimum Gasteiger partial charge on any atom is -0.481 e. The first kappa shape index (κ1) is 20.3. The Kier molecular flexibility index (Phi) is 9.27. The van der Waals surface area contributed by atoms with Crippen LogP contribution in [0.3, 0.4) is 0 Å². The molecule has 0 aromatic carbocycles. The van der Waals surface area contributed by atoms with E-state index in [4.69, 9.17) is 10.2 Å². The maximum Gasteiger partial charge on any atom is 0.303 e. The minimum atomic E-state index is -0.756. The average molecular weight is 340 g/mol. The first-order valence-corrected chi connectivity index (χ1v) is 8.83. The van der Waals surface area contributed by atoms with Gasteiger partial charge in [-0.15, -0.1) is 0 Å². The van der Waals surface area contributed by atoms with Gasteiger partial charge in [0.05, 0.1) is 0 Å². The summed E-state index contributed by atoms with van der Waals surface area (Å²) in [7, 11) is 0. The molecule has 2 N–H and O–H groups in total. The largest absolute Gasteiger partial charge is 0.481 e. The Morgan fingerprint density at radius 1 is 0.792 bits per heavy atom. The molecular formula is C18H28O6. The molecule has 0 bridgehead atoms. The van der Waals surface area contributed by atoms with Crippen LogP contribution in [-0.2, 0) is 19.2 Å². The van der Waals surface area contributed by atoms with Gasteiger partial charge in [-0.2, -0.15) is 0 Å². The number of rotatable bonds is 6. The van der Waals surface area contributed by atoms with E-state index in [-0.39, 0.29) is 12.8 Å². The summed E-state index contributed by atoms with van der Waals surface area (Å²) in [5.74, 6) is -0.237. The Morgan fingerprint density at radius 3 is 1.46 bits per heavy atom. The molecule has 0 amide bonds. The first-order valence-electron chi connectivity index (χ1n) is 8.83. The van der Waals surface area contributed by atoms with Crippen molar-refractivity contribution in [2.45, 2.75) is 77.0 Å². The Bertz CT molecular complexity index is 414. The lowest BCUT2D eigenvalue weighted by Gasteiger charge is -2.19. The molecule has 6 nitrogen and oxygen atoms in total. The predicted octanol–water partition coefficient (Wildman–Crippen LogP) is 3.22. The second kappa shape index (κ2) is 10.9. The zero-order valence-corrected chi connectivity index (χ0v) is 14.2. The second-order valence-corrected chi connectivity index (χ2v) is 6.87. The zero-order valence-electron chi connectivity index (χ0n) is 14.2. The van der Waals surface area contributed by atoms with Gasteiger partial charge in [0, 0.05) is 38.5 Å². The van der Waals surface area contributed by atoms with Crippen LogP contribution in [0.5, 0.6) is 0 Å². The van der Waals surface area contributed by atoms with E-state index in [0.717, 1.165) is 25.7 Å². The molecule has 2 saturated carbocycles. The Labute approximate surface area is 142 Å². The van der Waals surface area contributed by atoms with Gasteiger partial charge in [0.25, 0.3) is 0 Å². The number of carbonyl (C=O) groups is 4. The number of carboxylic acid groups (broad SMARTS) is 2. The molecule has 136 valence electrons. The summed E-state index contributed by atoms with van der Waals surface area (Å²) < 4.78 is 0. The van der Waals surface area contributed by atoms with Crippen molar-refractivity contribution >= 4 is 23.5 Å². The van der Waals surface area contributed by atoms with Gasteiger partial charge in [-0.3, -0.25) is 19.2 Å². The molecule has 2 aliphatic rings. The minimum absolute atomic E-state index is 0.206. The Hall–Kier alpha value is -1.72. The summed E-state index contributed by atoms with van der Waals surface area (Å²) in [5.41, 5.74) is 0. The highest BCUT2D eigenvalue weighted by molar-refractivity contribution is 5.79. The molecule has 2 atom stereocenters. The van der Waals surface area contributed by atoms with Crippen LogP contribution in [0.1, 0.15) is 77.0 Å². The van der Waals surface area contributed by atoms with Gasteiger partial charge in [-0.1, -0.05) is 0 Å². The van der Waals surface area contributed by atoms with Crippen molar-refractivity contribution in [3.05, 3.63) is 0 Å². The van der Waals surface area contributed by atoms with Crippen LogP contribution >= 0.6 is 0 Å². The van der Waals surface area contributed by atoms with E-state index < -0.39 is 11.9 Å². The number of aliphatic carboxylic acids is 2. The monoisotopic (exact) mass is 340 g/mol. The second-order valence-electron chi connectivity index (χ2n) is 6.87. The summed E-state index contributed by atoms with van der Waals surface area (Å²) in [5, 5.41) is 16.9. The number of hydrogen-bond donors (Lipinski definition) is 2. The quantitative estimate of drug-likeness (QED) is 0.768. The summed E-state index contributed by atoms with van der Waals surface area (Å²) in [6.07, 6.45) is 8.30. The molecule has 0 unspecified atom stereocenters. The highest BCUT2D eigenvalue weighted by atomic mass is 16.4. The number of ketones is 2. The van der Waals surface area contributed by atoms with Crippen LogP contribution in [0.4, 0.5) is 0 Å². The van der Waals surface area contributed by atoms with Crippen LogP contribution in [0.15, 0.2) is 0 Å². The van der Waals surface area contributed by atoms with Gasteiger partial charge in [-0.05, 0) is 50.4 Å². The molecule has 0 aromatic rings. The molecule has 2 fully saturated rings. The zero-order chi connectivity index (χ0) is 17.9. The lowest BCUT2D eigenvalue weighted by Crippen LogP contribution is -2.15. The van der Waals surface area contributed by atoms with Gasteiger partial charge in [0.15, 0.2) is 0 Å². The number of Topliss-reactive ketones (excluding diaryl/α,β-unsaturated/α-hetero) is 2. The molecule has 0 aromatic heterocycles. The molecule has 2 aliphatic carbocycles. The first-order chi connectivity index (χ1) is 11.4. The van der Waals surface area contributed by atoms with Gasteiger partial charge >= 0.3 is 11.9 Å². The van der Waals surface area contributed by atoms with E-state index in [2.05, 4.69) is 0 Å². The van der Waals surface area contributed by atoms with Crippen molar-refractivity contribution in [3.8, 4) is 0 Å².